The summed E-state index contributed by atoms with van der Waals surface area (Å²) in [4.78, 5) is 16.0. The summed E-state index contributed by atoms with van der Waals surface area (Å²) in [6, 6.07) is 3.64. The quantitative estimate of drug-likeness (QED) is 0.728. The molecule has 3 nitrogen and oxygen atoms in total. The van der Waals surface area contributed by atoms with E-state index in [-0.39, 0.29) is 5.78 Å². The average molecular weight is 206 g/mol. The third-order valence-electron chi connectivity index (χ3n) is 2.21. The van der Waals surface area contributed by atoms with E-state index in [0.29, 0.717) is 17.8 Å². The van der Waals surface area contributed by atoms with E-state index in [4.69, 9.17) is 0 Å². The summed E-state index contributed by atoms with van der Waals surface area (Å²) in [5, 5.41) is 3.10. The van der Waals surface area contributed by atoms with Crippen molar-refractivity contribution in [1.82, 2.24) is 4.98 Å². The van der Waals surface area contributed by atoms with Crippen LogP contribution in [0.5, 0.6) is 0 Å². The van der Waals surface area contributed by atoms with Gasteiger partial charge in [-0.2, -0.15) is 0 Å². The first-order valence-electron chi connectivity index (χ1n) is 5.51. The molecule has 0 aliphatic carbocycles. The van der Waals surface area contributed by atoms with Crippen LogP contribution < -0.4 is 5.32 Å². The first-order valence-corrected chi connectivity index (χ1v) is 5.51. The van der Waals surface area contributed by atoms with Gasteiger partial charge in [0.2, 0.25) is 0 Å². The van der Waals surface area contributed by atoms with Crippen LogP contribution in [0.2, 0.25) is 0 Å². The minimum atomic E-state index is 0.181. The molecular weight excluding hydrogens is 188 g/mol. The van der Waals surface area contributed by atoms with E-state index in [1.807, 2.05) is 13.0 Å². The molecule has 1 aromatic heterocycles. The second kappa shape index (κ2) is 6.17. The molecule has 0 radical (unpaired) electrons. The molecule has 1 aromatic rings. The molecule has 3 heteroatoms. The van der Waals surface area contributed by atoms with E-state index in [9.17, 15) is 4.79 Å². The van der Waals surface area contributed by atoms with Crippen LogP contribution in [0.1, 0.15) is 43.5 Å². The average Bonchev–Trinajstić information content (AvgIpc) is 2.27. The number of rotatable bonds is 6. The largest absolute Gasteiger partial charge is 0.370 e. The molecule has 1 rings (SSSR count). The number of ketones is 1. The van der Waals surface area contributed by atoms with E-state index in [2.05, 4.69) is 17.2 Å². The molecule has 0 saturated heterocycles. The predicted octanol–water partition coefficient (Wildman–Crippen LogP) is 2.89. The Bertz CT molecular complexity index is 323. The molecule has 0 saturated carbocycles. The van der Waals surface area contributed by atoms with E-state index in [1.54, 1.807) is 12.3 Å². The first-order chi connectivity index (χ1) is 7.29. The Kier molecular flexibility index (Phi) is 4.81. The van der Waals surface area contributed by atoms with Gasteiger partial charge in [-0.1, -0.05) is 13.3 Å². The normalized spacial score (nSPS) is 10.0. The minimum absolute atomic E-state index is 0.181. The second-order valence-electron chi connectivity index (χ2n) is 3.46. The van der Waals surface area contributed by atoms with Crippen molar-refractivity contribution in [3.05, 3.63) is 23.9 Å². The Morgan fingerprint density at radius 1 is 1.47 bits per heavy atom. The van der Waals surface area contributed by atoms with Gasteiger partial charge in [-0.05, 0) is 25.5 Å². The second-order valence-corrected chi connectivity index (χ2v) is 3.46. The summed E-state index contributed by atoms with van der Waals surface area (Å²) in [5.74, 6) is 0.891. The van der Waals surface area contributed by atoms with Crippen molar-refractivity contribution in [3.8, 4) is 0 Å². The molecule has 0 fully saturated rings. The van der Waals surface area contributed by atoms with Crippen molar-refractivity contribution in [2.45, 2.75) is 33.1 Å². The summed E-state index contributed by atoms with van der Waals surface area (Å²) in [6.07, 6.45) is 4.30. The lowest BCUT2D eigenvalue weighted by molar-refractivity contribution is 0.0980. The fourth-order valence-electron chi connectivity index (χ4n) is 1.41. The molecule has 82 valence electrons. The minimum Gasteiger partial charge on any atom is -0.370 e. The van der Waals surface area contributed by atoms with Crippen LogP contribution in [-0.4, -0.2) is 17.3 Å². The molecule has 0 aliphatic heterocycles. The number of aromatic nitrogens is 1. The van der Waals surface area contributed by atoms with Gasteiger partial charge in [-0.3, -0.25) is 4.79 Å². The monoisotopic (exact) mass is 206 g/mol. The Morgan fingerprint density at radius 2 is 2.27 bits per heavy atom. The van der Waals surface area contributed by atoms with Gasteiger partial charge in [0.05, 0.1) is 5.56 Å². The predicted molar refractivity (Wildman–Crippen MR) is 62.3 cm³/mol. The van der Waals surface area contributed by atoms with Crippen LogP contribution in [0.25, 0.3) is 0 Å². The van der Waals surface area contributed by atoms with Crippen molar-refractivity contribution in [3.63, 3.8) is 0 Å². The number of hydrogen-bond donors (Lipinski definition) is 1. The lowest BCUT2D eigenvalue weighted by Gasteiger charge is -2.07. The zero-order valence-corrected chi connectivity index (χ0v) is 9.42. The zero-order chi connectivity index (χ0) is 11.1. The first kappa shape index (κ1) is 11.7. The SMILES string of the molecule is CCCCC(=O)c1cccnc1NCC. The van der Waals surface area contributed by atoms with Crippen LogP contribution >= 0.6 is 0 Å². The van der Waals surface area contributed by atoms with Crippen LogP contribution in [-0.2, 0) is 0 Å². The Labute approximate surface area is 90.9 Å². The summed E-state index contributed by atoms with van der Waals surface area (Å²) in [5.41, 5.74) is 0.716. The number of pyridine rings is 1. The van der Waals surface area contributed by atoms with Crippen LogP contribution in [0.15, 0.2) is 18.3 Å². The number of carbonyl (C=O) groups is 1. The Hall–Kier alpha value is -1.38. The number of Topliss-reactive ketones (excluding diaryl/α,β-unsaturated/α-hetero) is 1. The molecule has 0 unspecified atom stereocenters. The molecule has 0 aliphatic rings. The number of hydrogen-bond acceptors (Lipinski definition) is 3. The lowest BCUT2D eigenvalue weighted by atomic mass is 10.1. The molecule has 0 amide bonds. The highest BCUT2D eigenvalue weighted by Gasteiger charge is 2.10. The Morgan fingerprint density at radius 3 is 2.93 bits per heavy atom. The van der Waals surface area contributed by atoms with Gasteiger partial charge in [-0.25, -0.2) is 4.98 Å². The highest BCUT2D eigenvalue weighted by Crippen LogP contribution is 2.14. The van der Waals surface area contributed by atoms with Crippen molar-refractivity contribution in [1.29, 1.82) is 0 Å². The molecule has 15 heavy (non-hydrogen) atoms. The summed E-state index contributed by atoms with van der Waals surface area (Å²) < 4.78 is 0. The van der Waals surface area contributed by atoms with Crippen LogP contribution in [0.4, 0.5) is 5.82 Å². The summed E-state index contributed by atoms with van der Waals surface area (Å²) in [7, 11) is 0. The van der Waals surface area contributed by atoms with Crippen molar-refractivity contribution in [2.24, 2.45) is 0 Å². The van der Waals surface area contributed by atoms with E-state index >= 15 is 0 Å². The highest BCUT2D eigenvalue weighted by atomic mass is 16.1. The molecule has 0 atom stereocenters. The number of unbranched alkanes of at least 4 members (excludes halogenated alkanes) is 1. The van der Waals surface area contributed by atoms with E-state index in [1.165, 1.54) is 0 Å². The van der Waals surface area contributed by atoms with Crippen molar-refractivity contribution >= 4 is 11.6 Å². The smallest absolute Gasteiger partial charge is 0.166 e. The molecular formula is C12H18N2O. The van der Waals surface area contributed by atoms with E-state index in [0.717, 1.165) is 19.4 Å². The molecule has 1 heterocycles. The number of anilines is 1. The summed E-state index contributed by atoms with van der Waals surface area (Å²) in [6.45, 7) is 4.86. The van der Waals surface area contributed by atoms with Gasteiger partial charge >= 0.3 is 0 Å². The lowest BCUT2D eigenvalue weighted by Crippen LogP contribution is -2.08. The molecule has 0 aromatic carbocycles. The van der Waals surface area contributed by atoms with Crippen LogP contribution in [0, 0.1) is 0 Å². The van der Waals surface area contributed by atoms with Gasteiger partial charge in [-0.15, -0.1) is 0 Å². The Balaban J connectivity index is 2.77. The van der Waals surface area contributed by atoms with Gasteiger partial charge in [0.15, 0.2) is 5.78 Å². The third-order valence-corrected chi connectivity index (χ3v) is 2.21. The maximum absolute atomic E-state index is 11.8. The fraction of sp³-hybridized carbons (Fsp3) is 0.500. The maximum Gasteiger partial charge on any atom is 0.166 e. The standard InChI is InChI=1S/C12H18N2O/c1-3-5-8-11(15)10-7-6-9-14-12(10)13-4-2/h6-7,9H,3-5,8H2,1-2H3,(H,13,14). The van der Waals surface area contributed by atoms with Gasteiger partial charge in [0.25, 0.3) is 0 Å². The third kappa shape index (κ3) is 3.35. The number of nitrogens with zero attached hydrogens (tertiary/aromatic N) is 1. The van der Waals surface area contributed by atoms with Crippen molar-refractivity contribution in [2.75, 3.05) is 11.9 Å². The maximum atomic E-state index is 11.8. The van der Waals surface area contributed by atoms with Crippen LogP contribution in [0.3, 0.4) is 0 Å². The number of carbonyl (C=O) groups excluding carboxylic acids is 1. The fourth-order valence-corrected chi connectivity index (χ4v) is 1.41. The summed E-state index contributed by atoms with van der Waals surface area (Å²) >= 11 is 0. The van der Waals surface area contributed by atoms with Gasteiger partial charge in [0.1, 0.15) is 5.82 Å². The number of nitrogens with one attached hydrogen (secondary N) is 1. The van der Waals surface area contributed by atoms with Gasteiger partial charge < -0.3 is 5.32 Å². The van der Waals surface area contributed by atoms with E-state index < -0.39 is 0 Å². The van der Waals surface area contributed by atoms with Crippen molar-refractivity contribution < 1.29 is 4.79 Å². The highest BCUT2D eigenvalue weighted by molar-refractivity contribution is 6.00. The molecule has 0 bridgehead atoms. The zero-order valence-electron chi connectivity index (χ0n) is 9.42. The topological polar surface area (TPSA) is 42.0 Å². The molecule has 1 N–H and O–H groups in total. The molecule has 0 spiro atoms. The van der Waals surface area contributed by atoms with Gasteiger partial charge in [0, 0.05) is 19.2 Å².